The zero-order valence-corrected chi connectivity index (χ0v) is 13.3. The van der Waals surface area contributed by atoms with Crippen LogP contribution in [0.25, 0.3) is 10.9 Å². The van der Waals surface area contributed by atoms with Crippen LogP contribution in [0.2, 0.25) is 0 Å². The minimum absolute atomic E-state index is 0.0464. The van der Waals surface area contributed by atoms with Gasteiger partial charge in [0.15, 0.2) is 0 Å². The van der Waals surface area contributed by atoms with Crippen LogP contribution in [0.5, 0.6) is 0 Å². The van der Waals surface area contributed by atoms with E-state index in [0.717, 1.165) is 22.2 Å². The Morgan fingerprint density at radius 1 is 1.13 bits per heavy atom. The molecule has 0 atom stereocenters. The van der Waals surface area contributed by atoms with E-state index < -0.39 is 0 Å². The minimum Gasteiger partial charge on any atom is -0.308 e. The number of carbonyl (C=O) groups is 1. The Hall–Kier alpha value is -2.75. The summed E-state index contributed by atoms with van der Waals surface area (Å²) in [5.74, 6) is 0.0464. The van der Waals surface area contributed by atoms with Gasteiger partial charge in [-0.1, -0.05) is 24.3 Å². The van der Waals surface area contributed by atoms with Gasteiger partial charge in [-0.2, -0.15) is 0 Å². The number of rotatable bonds is 4. The summed E-state index contributed by atoms with van der Waals surface area (Å²) < 4.78 is 0. The standard InChI is InChI=1S/C19H19N3O/c1-14(2)22(19(23)10-15-6-5-9-20-12-15)17-11-16-7-3-4-8-18(16)21-13-17/h3-9,11-14H,10H2,1-2H3. The number of aromatic nitrogens is 2. The number of anilines is 1. The molecule has 23 heavy (non-hydrogen) atoms. The lowest BCUT2D eigenvalue weighted by Gasteiger charge is -2.27. The highest BCUT2D eigenvalue weighted by Gasteiger charge is 2.20. The molecule has 0 N–H and O–H groups in total. The van der Waals surface area contributed by atoms with Crippen LogP contribution in [0.3, 0.4) is 0 Å². The first kappa shape index (κ1) is 15.2. The van der Waals surface area contributed by atoms with Crippen LogP contribution in [0.15, 0.2) is 61.1 Å². The molecule has 0 aliphatic carbocycles. The molecular formula is C19H19N3O. The number of nitrogens with zero attached hydrogens (tertiary/aromatic N) is 3. The summed E-state index contributed by atoms with van der Waals surface area (Å²) in [7, 11) is 0. The van der Waals surface area contributed by atoms with E-state index in [-0.39, 0.29) is 11.9 Å². The third kappa shape index (κ3) is 3.37. The predicted molar refractivity (Wildman–Crippen MR) is 92.3 cm³/mol. The van der Waals surface area contributed by atoms with Crippen molar-refractivity contribution in [3.63, 3.8) is 0 Å². The summed E-state index contributed by atoms with van der Waals surface area (Å²) in [5, 5.41) is 1.03. The lowest BCUT2D eigenvalue weighted by molar-refractivity contribution is -0.118. The largest absolute Gasteiger partial charge is 0.308 e. The average molecular weight is 305 g/mol. The molecule has 1 aromatic carbocycles. The van der Waals surface area contributed by atoms with E-state index in [1.54, 1.807) is 23.5 Å². The summed E-state index contributed by atoms with van der Waals surface area (Å²) >= 11 is 0. The molecule has 0 radical (unpaired) electrons. The van der Waals surface area contributed by atoms with Gasteiger partial charge < -0.3 is 4.90 Å². The van der Waals surface area contributed by atoms with Gasteiger partial charge in [0.05, 0.1) is 23.8 Å². The molecule has 3 rings (SSSR count). The van der Waals surface area contributed by atoms with Crippen molar-refractivity contribution in [3.8, 4) is 0 Å². The Labute approximate surface area is 135 Å². The average Bonchev–Trinajstić information content (AvgIpc) is 2.55. The first-order valence-corrected chi connectivity index (χ1v) is 7.71. The fourth-order valence-electron chi connectivity index (χ4n) is 2.68. The van der Waals surface area contributed by atoms with Crippen molar-refractivity contribution in [1.82, 2.24) is 9.97 Å². The molecule has 0 spiro atoms. The fraction of sp³-hybridized carbons (Fsp3) is 0.211. The Balaban J connectivity index is 1.92. The molecule has 2 aromatic heterocycles. The molecule has 1 amide bonds. The van der Waals surface area contributed by atoms with E-state index >= 15 is 0 Å². The summed E-state index contributed by atoms with van der Waals surface area (Å²) in [6, 6.07) is 13.8. The highest BCUT2D eigenvalue weighted by atomic mass is 16.2. The summed E-state index contributed by atoms with van der Waals surface area (Å²) in [4.78, 5) is 23.1. The van der Waals surface area contributed by atoms with E-state index in [1.165, 1.54) is 0 Å². The van der Waals surface area contributed by atoms with Crippen LogP contribution in [0, 0.1) is 0 Å². The summed E-state index contributed by atoms with van der Waals surface area (Å²) in [6.07, 6.45) is 5.54. The zero-order chi connectivity index (χ0) is 16.2. The molecule has 0 fully saturated rings. The van der Waals surface area contributed by atoms with Crippen LogP contribution in [-0.4, -0.2) is 21.9 Å². The van der Waals surface area contributed by atoms with Gasteiger partial charge in [-0.05, 0) is 37.6 Å². The van der Waals surface area contributed by atoms with Crippen molar-refractivity contribution in [2.24, 2.45) is 0 Å². The quantitative estimate of drug-likeness (QED) is 0.739. The van der Waals surface area contributed by atoms with Crippen molar-refractivity contribution in [3.05, 3.63) is 66.6 Å². The number of amides is 1. The van der Waals surface area contributed by atoms with Gasteiger partial charge in [-0.3, -0.25) is 14.8 Å². The van der Waals surface area contributed by atoms with Gasteiger partial charge >= 0.3 is 0 Å². The lowest BCUT2D eigenvalue weighted by Crippen LogP contribution is -2.38. The third-order valence-electron chi connectivity index (χ3n) is 3.72. The molecular weight excluding hydrogens is 286 g/mol. The van der Waals surface area contributed by atoms with E-state index in [4.69, 9.17) is 0 Å². The molecule has 0 aliphatic heterocycles. The first-order chi connectivity index (χ1) is 11.1. The van der Waals surface area contributed by atoms with Crippen LogP contribution in [-0.2, 0) is 11.2 Å². The van der Waals surface area contributed by atoms with Crippen molar-refractivity contribution in [2.75, 3.05) is 4.90 Å². The van der Waals surface area contributed by atoms with Crippen molar-refractivity contribution in [2.45, 2.75) is 26.3 Å². The van der Waals surface area contributed by atoms with Gasteiger partial charge in [0.1, 0.15) is 0 Å². The Morgan fingerprint density at radius 2 is 1.96 bits per heavy atom. The lowest BCUT2D eigenvalue weighted by atomic mass is 10.1. The van der Waals surface area contributed by atoms with E-state index in [1.807, 2.05) is 56.3 Å². The Kier molecular flexibility index (Phi) is 4.33. The highest BCUT2D eigenvalue weighted by molar-refractivity contribution is 5.96. The Morgan fingerprint density at radius 3 is 2.70 bits per heavy atom. The van der Waals surface area contributed by atoms with Gasteiger partial charge in [-0.15, -0.1) is 0 Å². The molecule has 3 aromatic rings. The SMILES string of the molecule is CC(C)N(C(=O)Cc1cccnc1)c1cnc2ccccc2c1. The minimum atomic E-state index is 0.0464. The topological polar surface area (TPSA) is 46.1 Å². The van der Waals surface area contributed by atoms with E-state index in [0.29, 0.717) is 6.42 Å². The molecule has 0 aliphatic rings. The van der Waals surface area contributed by atoms with Crippen LogP contribution < -0.4 is 4.90 Å². The number of pyridine rings is 2. The monoisotopic (exact) mass is 305 g/mol. The number of para-hydroxylation sites is 1. The second-order valence-electron chi connectivity index (χ2n) is 5.78. The molecule has 0 saturated heterocycles. The molecule has 0 unspecified atom stereocenters. The van der Waals surface area contributed by atoms with Crippen LogP contribution >= 0.6 is 0 Å². The number of carbonyl (C=O) groups excluding carboxylic acids is 1. The second kappa shape index (κ2) is 6.57. The maximum atomic E-state index is 12.8. The molecule has 116 valence electrons. The molecule has 0 bridgehead atoms. The number of fused-ring (bicyclic) bond motifs is 1. The molecule has 4 nitrogen and oxygen atoms in total. The van der Waals surface area contributed by atoms with Gasteiger partial charge in [0.2, 0.25) is 5.91 Å². The number of benzene rings is 1. The van der Waals surface area contributed by atoms with Gasteiger partial charge in [0.25, 0.3) is 0 Å². The summed E-state index contributed by atoms with van der Waals surface area (Å²) in [5.41, 5.74) is 2.67. The molecule has 0 saturated carbocycles. The maximum absolute atomic E-state index is 12.8. The highest BCUT2D eigenvalue weighted by Crippen LogP contribution is 2.22. The maximum Gasteiger partial charge on any atom is 0.231 e. The molecule has 4 heteroatoms. The van der Waals surface area contributed by atoms with Gasteiger partial charge in [-0.25, -0.2) is 0 Å². The number of hydrogen-bond donors (Lipinski definition) is 0. The molecule has 2 heterocycles. The Bertz CT molecular complexity index is 815. The van der Waals surface area contributed by atoms with Crippen molar-refractivity contribution < 1.29 is 4.79 Å². The predicted octanol–water partition coefficient (Wildman–Crippen LogP) is 3.61. The fourth-order valence-corrected chi connectivity index (χ4v) is 2.68. The van der Waals surface area contributed by atoms with Crippen LogP contribution in [0.1, 0.15) is 19.4 Å². The first-order valence-electron chi connectivity index (χ1n) is 7.71. The van der Waals surface area contributed by atoms with Gasteiger partial charge in [0, 0.05) is 23.8 Å². The number of hydrogen-bond acceptors (Lipinski definition) is 3. The van der Waals surface area contributed by atoms with Crippen molar-refractivity contribution >= 4 is 22.5 Å². The second-order valence-corrected chi connectivity index (χ2v) is 5.78. The third-order valence-corrected chi connectivity index (χ3v) is 3.72. The smallest absolute Gasteiger partial charge is 0.231 e. The normalized spacial score (nSPS) is 10.9. The zero-order valence-electron chi connectivity index (χ0n) is 13.3. The van der Waals surface area contributed by atoms with E-state index in [2.05, 4.69) is 9.97 Å². The summed E-state index contributed by atoms with van der Waals surface area (Å²) in [6.45, 7) is 4.02. The van der Waals surface area contributed by atoms with Crippen molar-refractivity contribution in [1.29, 1.82) is 0 Å². The van der Waals surface area contributed by atoms with E-state index in [9.17, 15) is 4.79 Å². The van der Waals surface area contributed by atoms with Crippen LogP contribution in [0.4, 0.5) is 5.69 Å².